The maximum Gasteiger partial charge on any atom is 0.341 e. The number of aryl methyl sites for hydroxylation is 1. The normalized spacial score (nSPS) is 15.2. The number of carbonyl (C=O) groups is 1. The average molecular weight is 474 g/mol. The predicted molar refractivity (Wildman–Crippen MR) is 125 cm³/mol. The molecule has 0 radical (unpaired) electrons. The largest absolute Gasteiger partial charge is 0.477 e. The number of aromatic nitrogens is 2. The molecule has 0 aliphatic carbocycles. The SMILES string of the molecule is CCn1cc(C(=O)O)c(=O)c2cc(F)c(N3CCN(C/C(=N\OC)c4ccsc4)CC3)nc21. The Hall–Kier alpha value is -3.31. The van der Waals surface area contributed by atoms with Crippen LogP contribution in [0.1, 0.15) is 22.8 Å². The molecule has 0 unspecified atom stereocenters. The monoisotopic (exact) mass is 473 g/mol. The second kappa shape index (κ2) is 9.67. The molecule has 1 saturated heterocycles. The summed E-state index contributed by atoms with van der Waals surface area (Å²) < 4.78 is 16.6. The zero-order valence-electron chi connectivity index (χ0n) is 18.3. The Bertz CT molecular complexity index is 1250. The Morgan fingerprint density at radius 3 is 2.70 bits per heavy atom. The number of aromatic carboxylic acids is 1. The van der Waals surface area contributed by atoms with Gasteiger partial charge < -0.3 is 19.4 Å². The number of hydrogen-bond donors (Lipinski definition) is 1. The van der Waals surface area contributed by atoms with E-state index < -0.39 is 22.8 Å². The van der Waals surface area contributed by atoms with Crippen molar-refractivity contribution >= 4 is 39.9 Å². The van der Waals surface area contributed by atoms with Crippen LogP contribution in [0.15, 0.2) is 39.0 Å². The van der Waals surface area contributed by atoms with Crippen molar-refractivity contribution in [2.24, 2.45) is 5.16 Å². The van der Waals surface area contributed by atoms with Crippen LogP contribution in [0.4, 0.5) is 10.2 Å². The molecule has 1 aliphatic heterocycles. The molecule has 0 bridgehead atoms. The van der Waals surface area contributed by atoms with E-state index in [1.807, 2.05) is 28.7 Å². The molecule has 1 fully saturated rings. The van der Waals surface area contributed by atoms with E-state index in [0.29, 0.717) is 39.3 Å². The van der Waals surface area contributed by atoms with Crippen LogP contribution in [0, 0.1) is 5.82 Å². The number of rotatable bonds is 7. The molecule has 1 aliphatic rings. The molecule has 11 heteroatoms. The summed E-state index contributed by atoms with van der Waals surface area (Å²) in [4.78, 5) is 37.4. The van der Waals surface area contributed by atoms with Crippen molar-refractivity contribution in [1.29, 1.82) is 0 Å². The van der Waals surface area contributed by atoms with Gasteiger partial charge in [0.15, 0.2) is 11.6 Å². The lowest BCUT2D eigenvalue weighted by Gasteiger charge is -2.35. The number of thiophene rings is 1. The number of fused-ring (bicyclic) bond motifs is 1. The molecular formula is C22H24FN5O4S. The minimum atomic E-state index is -1.34. The predicted octanol–water partition coefficient (Wildman–Crippen LogP) is 2.49. The summed E-state index contributed by atoms with van der Waals surface area (Å²) in [6, 6.07) is 3.10. The van der Waals surface area contributed by atoms with Crippen molar-refractivity contribution in [2.45, 2.75) is 13.5 Å². The van der Waals surface area contributed by atoms with E-state index in [1.54, 1.807) is 15.9 Å². The van der Waals surface area contributed by atoms with Gasteiger partial charge in [-0.05, 0) is 29.8 Å². The molecule has 1 N–H and O–H groups in total. The van der Waals surface area contributed by atoms with Crippen molar-refractivity contribution in [3.63, 3.8) is 0 Å². The third-order valence-corrected chi connectivity index (χ3v) is 6.34. The molecular weight excluding hydrogens is 449 g/mol. The van der Waals surface area contributed by atoms with Crippen LogP contribution in [0.3, 0.4) is 0 Å². The standard InChI is InChI=1S/C22H24FN5O4S/c1-3-27-11-16(22(30)31)19(29)15-10-17(23)21(24-20(15)27)28-7-5-26(6-8-28)12-18(25-32-2)14-4-9-33-13-14/h4,9-11,13H,3,5-8,12H2,1-2H3,(H,30,31)/b25-18+. The van der Waals surface area contributed by atoms with Crippen LogP contribution in [0.2, 0.25) is 0 Å². The molecule has 0 amide bonds. The third-order valence-electron chi connectivity index (χ3n) is 5.66. The summed E-state index contributed by atoms with van der Waals surface area (Å²) in [6.07, 6.45) is 1.26. The van der Waals surface area contributed by atoms with E-state index in [4.69, 9.17) is 4.84 Å². The maximum absolute atomic E-state index is 15.0. The molecule has 3 aromatic rings. The van der Waals surface area contributed by atoms with E-state index in [0.717, 1.165) is 17.3 Å². The third kappa shape index (κ3) is 4.60. The minimum Gasteiger partial charge on any atom is -0.477 e. The van der Waals surface area contributed by atoms with E-state index >= 15 is 0 Å². The van der Waals surface area contributed by atoms with E-state index in [9.17, 15) is 19.1 Å². The molecule has 174 valence electrons. The minimum absolute atomic E-state index is 0.0344. The molecule has 0 spiro atoms. The Kier molecular flexibility index (Phi) is 6.70. The fourth-order valence-corrected chi connectivity index (χ4v) is 4.60. The number of carboxylic acids is 1. The summed E-state index contributed by atoms with van der Waals surface area (Å²) >= 11 is 1.59. The molecule has 4 rings (SSSR count). The summed E-state index contributed by atoms with van der Waals surface area (Å²) in [7, 11) is 1.52. The molecule has 33 heavy (non-hydrogen) atoms. The van der Waals surface area contributed by atoms with Gasteiger partial charge in [0.25, 0.3) is 0 Å². The van der Waals surface area contributed by atoms with Crippen LogP contribution in [-0.4, -0.2) is 71.1 Å². The van der Waals surface area contributed by atoms with E-state index in [2.05, 4.69) is 15.0 Å². The van der Waals surface area contributed by atoms with Crippen LogP contribution >= 0.6 is 11.3 Å². The molecule has 0 aromatic carbocycles. The van der Waals surface area contributed by atoms with Gasteiger partial charge in [-0.15, -0.1) is 0 Å². The molecule has 3 aromatic heterocycles. The van der Waals surface area contributed by atoms with Gasteiger partial charge in [-0.25, -0.2) is 14.2 Å². The number of oxime groups is 1. The highest BCUT2D eigenvalue weighted by Gasteiger charge is 2.24. The van der Waals surface area contributed by atoms with Gasteiger partial charge in [-0.2, -0.15) is 11.3 Å². The van der Waals surface area contributed by atoms with Crippen molar-refractivity contribution in [2.75, 3.05) is 44.7 Å². The summed E-state index contributed by atoms with van der Waals surface area (Å²) in [6.45, 7) is 5.25. The number of anilines is 1. The number of nitrogens with zero attached hydrogens (tertiary/aromatic N) is 5. The maximum atomic E-state index is 15.0. The van der Waals surface area contributed by atoms with E-state index in [1.165, 1.54) is 13.3 Å². The quantitative estimate of drug-likeness (QED) is 0.416. The zero-order chi connectivity index (χ0) is 23.5. The van der Waals surface area contributed by atoms with Gasteiger partial charge in [0.2, 0.25) is 5.43 Å². The molecule has 0 saturated carbocycles. The van der Waals surface area contributed by atoms with Gasteiger partial charge in [0, 0.05) is 51.0 Å². The van der Waals surface area contributed by atoms with E-state index in [-0.39, 0.29) is 16.9 Å². The highest BCUT2D eigenvalue weighted by atomic mass is 32.1. The first kappa shape index (κ1) is 22.9. The van der Waals surface area contributed by atoms with Crippen LogP contribution in [0.5, 0.6) is 0 Å². The number of pyridine rings is 2. The highest BCUT2D eigenvalue weighted by Crippen LogP contribution is 2.23. The number of halogens is 1. The summed E-state index contributed by atoms with van der Waals surface area (Å²) in [5.74, 6) is -1.82. The summed E-state index contributed by atoms with van der Waals surface area (Å²) in [5.41, 5.74) is 1.00. The van der Waals surface area contributed by atoms with Crippen molar-refractivity contribution in [3.05, 3.63) is 56.3 Å². The van der Waals surface area contributed by atoms with Gasteiger partial charge in [-0.1, -0.05) is 5.16 Å². The van der Waals surface area contributed by atoms with Crippen LogP contribution in [-0.2, 0) is 11.4 Å². The van der Waals surface area contributed by atoms with Crippen molar-refractivity contribution < 1.29 is 19.1 Å². The second-order valence-electron chi connectivity index (χ2n) is 7.62. The fraction of sp³-hybridized carbons (Fsp3) is 0.364. The lowest BCUT2D eigenvalue weighted by atomic mass is 10.1. The molecule has 4 heterocycles. The lowest BCUT2D eigenvalue weighted by molar-refractivity contribution is 0.0695. The van der Waals surface area contributed by atoms with Crippen LogP contribution in [0.25, 0.3) is 11.0 Å². The first-order chi connectivity index (χ1) is 15.9. The first-order valence-electron chi connectivity index (χ1n) is 10.5. The second-order valence-corrected chi connectivity index (χ2v) is 8.40. The first-order valence-corrected chi connectivity index (χ1v) is 11.4. The Morgan fingerprint density at radius 2 is 2.09 bits per heavy atom. The van der Waals surface area contributed by atoms with Gasteiger partial charge in [0.1, 0.15) is 24.0 Å². The topological polar surface area (TPSA) is 100 Å². The van der Waals surface area contributed by atoms with Crippen LogP contribution < -0.4 is 10.3 Å². The smallest absolute Gasteiger partial charge is 0.341 e. The Labute approximate surface area is 193 Å². The average Bonchev–Trinajstić information content (AvgIpc) is 3.34. The number of carboxylic acid groups (broad SMARTS) is 1. The highest BCUT2D eigenvalue weighted by molar-refractivity contribution is 7.08. The number of hydrogen-bond acceptors (Lipinski definition) is 8. The zero-order valence-corrected chi connectivity index (χ0v) is 19.1. The summed E-state index contributed by atoms with van der Waals surface area (Å²) in [5, 5.41) is 17.4. The van der Waals surface area contributed by atoms with Gasteiger partial charge in [-0.3, -0.25) is 9.69 Å². The molecule has 9 nitrogen and oxygen atoms in total. The number of piperazine rings is 1. The van der Waals surface area contributed by atoms with Gasteiger partial charge >= 0.3 is 5.97 Å². The lowest BCUT2D eigenvalue weighted by Crippen LogP contribution is -2.48. The molecule has 0 atom stereocenters. The fourth-order valence-electron chi connectivity index (χ4n) is 3.93. The van der Waals surface area contributed by atoms with Crippen molar-refractivity contribution in [1.82, 2.24) is 14.5 Å². The Balaban J connectivity index is 1.56. The van der Waals surface area contributed by atoms with Crippen molar-refractivity contribution in [3.8, 4) is 0 Å². The Morgan fingerprint density at radius 1 is 1.33 bits per heavy atom. The van der Waals surface area contributed by atoms with Gasteiger partial charge in [0.05, 0.1) is 5.39 Å².